The molecule has 3 aliphatic rings. The Morgan fingerprint density at radius 1 is 0.895 bits per heavy atom. The lowest BCUT2D eigenvalue weighted by Crippen LogP contribution is -2.58. The van der Waals surface area contributed by atoms with Gasteiger partial charge in [0.15, 0.2) is 0 Å². The lowest BCUT2D eigenvalue weighted by atomic mass is 9.86. The Balaban J connectivity index is 1.71. The standard InChI is InChI=1S/C16H30N2O/c1-19-16-10-3-2-9-15(16)18-12-5-4-8-14(18)13-7-6-11-17-13/h13-17H,2-12H2,1H3. The van der Waals surface area contributed by atoms with E-state index in [0.29, 0.717) is 12.1 Å². The quantitative estimate of drug-likeness (QED) is 0.849. The third-order valence-corrected chi connectivity index (χ3v) is 5.55. The van der Waals surface area contributed by atoms with Crippen molar-refractivity contribution in [2.45, 2.75) is 82.0 Å². The lowest BCUT2D eigenvalue weighted by molar-refractivity contribution is -0.0429. The molecule has 3 fully saturated rings. The lowest BCUT2D eigenvalue weighted by Gasteiger charge is -2.47. The molecule has 110 valence electrons. The van der Waals surface area contributed by atoms with Gasteiger partial charge in [-0.2, -0.15) is 0 Å². The average molecular weight is 266 g/mol. The summed E-state index contributed by atoms with van der Waals surface area (Å²) in [6.45, 7) is 2.53. The van der Waals surface area contributed by atoms with Crippen LogP contribution in [0.3, 0.4) is 0 Å². The molecule has 3 heteroatoms. The van der Waals surface area contributed by atoms with Gasteiger partial charge in [-0.05, 0) is 51.6 Å². The van der Waals surface area contributed by atoms with Crippen LogP contribution >= 0.6 is 0 Å². The highest BCUT2D eigenvalue weighted by Crippen LogP contribution is 2.32. The molecule has 1 aliphatic carbocycles. The summed E-state index contributed by atoms with van der Waals surface area (Å²) < 4.78 is 5.81. The van der Waals surface area contributed by atoms with E-state index in [0.717, 1.165) is 12.1 Å². The van der Waals surface area contributed by atoms with Crippen molar-refractivity contribution in [2.75, 3.05) is 20.2 Å². The van der Waals surface area contributed by atoms with Gasteiger partial charge in [0.05, 0.1) is 6.10 Å². The van der Waals surface area contributed by atoms with Crippen LogP contribution in [-0.4, -0.2) is 49.3 Å². The first-order valence-electron chi connectivity index (χ1n) is 8.42. The predicted molar refractivity (Wildman–Crippen MR) is 78.4 cm³/mol. The van der Waals surface area contributed by atoms with Gasteiger partial charge >= 0.3 is 0 Å². The second-order valence-corrected chi connectivity index (χ2v) is 6.63. The maximum absolute atomic E-state index is 5.81. The van der Waals surface area contributed by atoms with Gasteiger partial charge in [-0.1, -0.05) is 19.3 Å². The Morgan fingerprint density at radius 2 is 1.68 bits per heavy atom. The molecule has 0 aromatic heterocycles. The zero-order valence-electron chi connectivity index (χ0n) is 12.4. The molecule has 2 saturated heterocycles. The molecule has 0 bridgehead atoms. The molecule has 2 aliphatic heterocycles. The fourth-order valence-corrected chi connectivity index (χ4v) is 4.60. The molecule has 1 saturated carbocycles. The topological polar surface area (TPSA) is 24.5 Å². The first kappa shape index (κ1) is 13.8. The van der Waals surface area contributed by atoms with E-state index in [2.05, 4.69) is 10.2 Å². The average Bonchev–Trinajstić information content (AvgIpc) is 3.01. The van der Waals surface area contributed by atoms with Gasteiger partial charge in [0.2, 0.25) is 0 Å². The van der Waals surface area contributed by atoms with Gasteiger partial charge in [0.25, 0.3) is 0 Å². The van der Waals surface area contributed by atoms with Gasteiger partial charge < -0.3 is 10.1 Å². The summed E-state index contributed by atoms with van der Waals surface area (Å²) in [5, 5.41) is 3.75. The number of nitrogens with one attached hydrogen (secondary N) is 1. The predicted octanol–water partition coefficient (Wildman–Crippen LogP) is 2.55. The van der Waals surface area contributed by atoms with Crippen molar-refractivity contribution in [3.05, 3.63) is 0 Å². The van der Waals surface area contributed by atoms with E-state index in [1.165, 1.54) is 70.9 Å². The van der Waals surface area contributed by atoms with Crippen molar-refractivity contribution in [3.63, 3.8) is 0 Å². The number of hydrogen-bond acceptors (Lipinski definition) is 3. The van der Waals surface area contributed by atoms with Crippen LogP contribution in [0.4, 0.5) is 0 Å². The second kappa shape index (κ2) is 6.55. The Bertz CT molecular complexity index is 268. The van der Waals surface area contributed by atoms with E-state index in [1.807, 2.05) is 7.11 Å². The summed E-state index contributed by atoms with van der Waals surface area (Å²) >= 11 is 0. The Hall–Kier alpha value is -0.120. The van der Waals surface area contributed by atoms with E-state index in [1.54, 1.807) is 0 Å². The molecule has 2 heterocycles. The summed E-state index contributed by atoms with van der Waals surface area (Å²) in [6, 6.07) is 2.21. The SMILES string of the molecule is COC1CCCCC1N1CCCCC1C1CCCN1. The first-order chi connectivity index (χ1) is 9.40. The Morgan fingerprint density at radius 3 is 2.47 bits per heavy atom. The normalized spacial score (nSPS) is 41.5. The molecule has 1 N–H and O–H groups in total. The van der Waals surface area contributed by atoms with Crippen LogP contribution in [0.2, 0.25) is 0 Å². The molecule has 3 rings (SSSR count). The van der Waals surface area contributed by atoms with Gasteiger partial charge in [-0.25, -0.2) is 0 Å². The molecule has 0 amide bonds. The van der Waals surface area contributed by atoms with Crippen molar-refractivity contribution < 1.29 is 4.74 Å². The fourth-order valence-electron chi connectivity index (χ4n) is 4.60. The van der Waals surface area contributed by atoms with Crippen molar-refractivity contribution in [3.8, 4) is 0 Å². The Kier molecular flexibility index (Phi) is 4.78. The molecule has 4 atom stereocenters. The first-order valence-corrected chi connectivity index (χ1v) is 8.42. The highest BCUT2D eigenvalue weighted by atomic mass is 16.5. The highest BCUT2D eigenvalue weighted by molar-refractivity contribution is 4.96. The van der Waals surface area contributed by atoms with Crippen LogP contribution < -0.4 is 5.32 Å². The maximum atomic E-state index is 5.81. The smallest absolute Gasteiger partial charge is 0.0726 e. The van der Waals surface area contributed by atoms with Crippen LogP contribution in [0.1, 0.15) is 57.8 Å². The zero-order chi connectivity index (χ0) is 13.1. The van der Waals surface area contributed by atoms with Gasteiger partial charge in [-0.3, -0.25) is 4.90 Å². The third-order valence-electron chi connectivity index (χ3n) is 5.55. The molecule has 0 aromatic rings. The van der Waals surface area contributed by atoms with Gasteiger partial charge in [0, 0.05) is 25.2 Å². The van der Waals surface area contributed by atoms with E-state index in [4.69, 9.17) is 4.74 Å². The molecule has 4 unspecified atom stereocenters. The molecule has 0 spiro atoms. The number of piperidine rings is 1. The maximum Gasteiger partial charge on any atom is 0.0726 e. The van der Waals surface area contributed by atoms with Crippen LogP contribution in [0.5, 0.6) is 0 Å². The van der Waals surface area contributed by atoms with Crippen LogP contribution in [0.25, 0.3) is 0 Å². The summed E-state index contributed by atoms with van der Waals surface area (Å²) in [4.78, 5) is 2.83. The van der Waals surface area contributed by atoms with E-state index >= 15 is 0 Å². The van der Waals surface area contributed by atoms with E-state index in [-0.39, 0.29) is 0 Å². The molecule has 19 heavy (non-hydrogen) atoms. The minimum atomic E-state index is 0.482. The monoisotopic (exact) mass is 266 g/mol. The third kappa shape index (κ3) is 2.98. The van der Waals surface area contributed by atoms with Crippen LogP contribution in [-0.2, 0) is 4.74 Å². The second-order valence-electron chi connectivity index (χ2n) is 6.63. The highest BCUT2D eigenvalue weighted by Gasteiger charge is 2.39. The van der Waals surface area contributed by atoms with E-state index in [9.17, 15) is 0 Å². The number of methoxy groups -OCH3 is 1. The number of nitrogens with zero attached hydrogens (tertiary/aromatic N) is 1. The molecular weight excluding hydrogens is 236 g/mol. The van der Waals surface area contributed by atoms with Crippen molar-refractivity contribution in [1.82, 2.24) is 10.2 Å². The van der Waals surface area contributed by atoms with Crippen molar-refractivity contribution in [1.29, 1.82) is 0 Å². The largest absolute Gasteiger partial charge is 0.380 e. The zero-order valence-corrected chi connectivity index (χ0v) is 12.4. The minimum absolute atomic E-state index is 0.482. The molecule has 0 aromatic carbocycles. The number of hydrogen-bond donors (Lipinski definition) is 1. The minimum Gasteiger partial charge on any atom is -0.380 e. The van der Waals surface area contributed by atoms with Gasteiger partial charge in [0.1, 0.15) is 0 Å². The summed E-state index contributed by atoms with van der Waals surface area (Å²) in [7, 11) is 1.91. The van der Waals surface area contributed by atoms with E-state index < -0.39 is 0 Å². The Labute approximate surface area is 118 Å². The number of rotatable bonds is 3. The molecule has 3 nitrogen and oxygen atoms in total. The summed E-state index contributed by atoms with van der Waals surface area (Å²) in [5.74, 6) is 0. The van der Waals surface area contributed by atoms with Crippen LogP contribution in [0.15, 0.2) is 0 Å². The van der Waals surface area contributed by atoms with Crippen molar-refractivity contribution in [2.24, 2.45) is 0 Å². The molecular formula is C16H30N2O. The summed E-state index contributed by atoms with van der Waals surface area (Å²) in [6.07, 6.45) is 12.8. The molecule has 0 radical (unpaired) electrons. The fraction of sp³-hybridized carbons (Fsp3) is 1.00. The van der Waals surface area contributed by atoms with Gasteiger partial charge in [-0.15, -0.1) is 0 Å². The number of likely N-dealkylation sites (tertiary alicyclic amines) is 1. The van der Waals surface area contributed by atoms with Crippen LogP contribution in [0, 0.1) is 0 Å². The van der Waals surface area contributed by atoms with Crippen molar-refractivity contribution >= 4 is 0 Å². The summed E-state index contributed by atoms with van der Waals surface area (Å²) in [5.41, 5.74) is 0. The number of ether oxygens (including phenoxy) is 1.